The van der Waals surface area contributed by atoms with E-state index < -0.39 is 28.5 Å². The highest BCUT2D eigenvalue weighted by molar-refractivity contribution is 9.10. The monoisotopic (exact) mass is 537 g/mol. The second-order valence-corrected chi connectivity index (χ2v) is 10.8. The van der Waals surface area contributed by atoms with E-state index >= 15 is 0 Å². The number of hydrogen-bond donors (Lipinski definition) is 1. The van der Waals surface area contributed by atoms with Crippen LogP contribution >= 0.6 is 15.9 Å². The molecule has 0 aliphatic rings. The van der Waals surface area contributed by atoms with Gasteiger partial charge in [-0.3, -0.25) is 13.9 Å². The van der Waals surface area contributed by atoms with Gasteiger partial charge in [-0.15, -0.1) is 0 Å². The van der Waals surface area contributed by atoms with E-state index in [1.54, 1.807) is 24.3 Å². The number of nitrogens with zero attached hydrogens (tertiary/aromatic N) is 2. The second-order valence-electron chi connectivity index (χ2n) is 8.00. The van der Waals surface area contributed by atoms with Gasteiger partial charge in [0.25, 0.3) is 0 Å². The van der Waals surface area contributed by atoms with Crippen molar-refractivity contribution in [1.82, 2.24) is 10.2 Å². The second kappa shape index (κ2) is 12.2. The molecule has 2 atom stereocenters. The van der Waals surface area contributed by atoms with Crippen LogP contribution < -0.4 is 9.62 Å². The average Bonchev–Trinajstić information content (AvgIpc) is 2.76. The van der Waals surface area contributed by atoms with Crippen molar-refractivity contribution in [3.63, 3.8) is 0 Å². The van der Waals surface area contributed by atoms with Gasteiger partial charge < -0.3 is 10.2 Å². The van der Waals surface area contributed by atoms with Crippen molar-refractivity contribution in [1.29, 1.82) is 0 Å². The zero-order chi connectivity index (χ0) is 24.6. The zero-order valence-corrected chi connectivity index (χ0v) is 21.9. The number of anilines is 1. The molecule has 33 heavy (non-hydrogen) atoms. The highest BCUT2D eigenvalue weighted by Gasteiger charge is 2.32. The molecule has 1 N–H and O–H groups in total. The van der Waals surface area contributed by atoms with Crippen molar-refractivity contribution < 1.29 is 18.0 Å². The molecular formula is C24H32BrN3O4S. The third-order valence-electron chi connectivity index (χ3n) is 5.36. The first-order valence-corrected chi connectivity index (χ1v) is 13.6. The molecule has 0 aliphatic carbocycles. The number of sulfonamides is 1. The van der Waals surface area contributed by atoms with Gasteiger partial charge in [0.1, 0.15) is 12.6 Å². The molecule has 7 nitrogen and oxygen atoms in total. The lowest BCUT2D eigenvalue weighted by Crippen LogP contribution is -2.53. The summed E-state index contributed by atoms with van der Waals surface area (Å²) in [7, 11) is -3.75. The lowest BCUT2D eigenvalue weighted by molar-refractivity contribution is -0.140. The Morgan fingerprint density at radius 1 is 1.03 bits per heavy atom. The van der Waals surface area contributed by atoms with Crippen LogP contribution in [-0.2, 0) is 26.2 Å². The normalized spacial score (nSPS) is 13.1. The Bertz CT molecular complexity index is 1050. The number of amides is 2. The minimum absolute atomic E-state index is 0.0329. The maximum Gasteiger partial charge on any atom is 0.244 e. The Morgan fingerprint density at radius 2 is 1.70 bits per heavy atom. The van der Waals surface area contributed by atoms with Gasteiger partial charge in [0.05, 0.1) is 11.9 Å². The number of halogens is 1. The van der Waals surface area contributed by atoms with E-state index in [-0.39, 0.29) is 18.5 Å². The molecule has 2 amide bonds. The predicted octanol–water partition coefficient (Wildman–Crippen LogP) is 3.94. The summed E-state index contributed by atoms with van der Waals surface area (Å²) in [6.07, 6.45) is 2.23. The van der Waals surface area contributed by atoms with Crippen LogP contribution in [0.4, 0.5) is 5.69 Å². The molecule has 0 spiro atoms. The van der Waals surface area contributed by atoms with Crippen molar-refractivity contribution in [3.8, 4) is 0 Å². The Kier molecular flexibility index (Phi) is 9.91. The highest BCUT2D eigenvalue weighted by Crippen LogP contribution is 2.23. The summed E-state index contributed by atoms with van der Waals surface area (Å²) in [6, 6.07) is 15.4. The van der Waals surface area contributed by atoms with E-state index in [9.17, 15) is 18.0 Å². The van der Waals surface area contributed by atoms with E-state index in [1.807, 2.05) is 51.1 Å². The molecule has 0 aromatic heterocycles. The number of benzene rings is 2. The van der Waals surface area contributed by atoms with E-state index in [2.05, 4.69) is 21.2 Å². The molecule has 0 unspecified atom stereocenters. The van der Waals surface area contributed by atoms with Crippen LogP contribution in [0.1, 0.15) is 39.2 Å². The number of hydrogen-bond acceptors (Lipinski definition) is 4. The van der Waals surface area contributed by atoms with Crippen molar-refractivity contribution in [3.05, 3.63) is 64.6 Å². The fraction of sp³-hybridized carbons (Fsp3) is 0.417. The molecule has 0 heterocycles. The molecule has 2 aromatic carbocycles. The van der Waals surface area contributed by atoms with Crippen molar-refractivity contribution in [2.45, 2.75) is 52.2 Å². The van der Waals surface area contributed by atoms with Crippen molar-refractivity contribution >= 4 is 43.5 Å². The molecule has 2 aromatic rings. The molecule has 0 aliphatic heterocycles. The first-order chi connectivity index (χ1) is 15.6. The minimum Gasteiger partial charge on any atom is -0.352 e. The van der Waals surface area contributed by atoms with Crippen molar-refractivity contribution in [2.24, 2.45) is 0 Å². The summed E-state index contributed by atoms with van der Waals surface area (Å²) in [6.45, 7) is 5.51. The Balaban J connectivity index is 2.41. The molecule has 180 valence electrons. The highest BCUT2D eigenvalue weighted by atomic mass is 79.9. The SMILES string of the molecule is CC[C@@H](C)NC(=O)[C@H](CC)N(Cc1ccccc1)C(=O)CN(c1cccc(Br)c1)S(C)(=O)=O. The van der Waals surface area contributed by atoms with Gasteiger partial charge in [-0.1, -0.05) is 66.2 Å². The van der Waals surface area contributed by atoms with Gasteiger partial charge in [-0.2, -0.15) is 0 Å². The van der Waals surface area contributed by atoms with Crippen LogP contribution in [0.25, 0.3) is 0 Å². The van der Waals surface area contributed by atoms with E-state index in [0.717, 1.165) is 22.5 Å². The van der Waals surface area contributed by atoms with Crippen molar-refractivity contribution in [2.75, 3.05) is 17.1 Å². The number of nitrogens with one attached hydrogen (secondary N) is 1. The summed E-state index contributed by atoms with van der Waals surface area (Å²) in [4.78, 5) is 28.1. The molecule has 0 saturated heterocycles. The summed E-state index contributed by atoms with van der Waals surface area (Å²) in [5.74, 6) is -0.695. The minimum atomic E-state index is -3.75. The van der Waals surface area contributed by atoms with Crippen LogP contribution in [0.2, 0.25) is 0 Å². The number of rotatable bonds is 11. The van der Waals surface area contributed by atoms with Gasteiger partial charge in [0.2, 0.25) is 21.8 Å². The standard InChI is InChI=1S/C24H32BrN3O4S/c1-5-18(3)26-24(30)22(6-2)27(16-19-11-8-7-9-12-19)23(29)17-28(33(4,31)32)21-14-10-13-20(25)15-21/h7-15,18,22H,5-6,16-17H2,1-4H3,(H,26,30)/t18-,22+/m1/s1. The average molecular weight is 539 g/mol. The molecular weight excluding hydrogens is 506 g/mol. The maximum absolute atomic E-state index is 13.6. The van der Waals surface area contributed by atoms with Crippen LogP contribution in [0.5, 0.6) is 0 Å². The van der Waals surface area contributed by atoms with Gasteiger partial charge in [-0.25, -0.2) is 8.42 Å². The van der Waals surface area contributed by atoms with Gasteiger partial charge >= 0.3 is 0 Å². The van der Waals surface area contributed by atoms with Gasteiger partial charge in [0, 0.05) is 17.1 Å². The number of carbonyl (C=O) groups is 2. The fourth-order valence-corrected chi connectivity index (χ4v) is 4.61. The molecule has 0 saturated carbocycles. The first-order valence-electron chi connectivity index (χ1n) is 10.9. The van der Waals surface area contributed by atoms with Crippen LogP contribution in [0, 0.1) is 0 Å². The fourth-order valence-electron chi connectivity index (χ4n) is 3.39. The molecule has 0 fully saturated rings. The lowest BCUT2D eigenvalue weighted by atomic mass is 10.1. The quantitative estimate of drug-likeness (QED) is 0.470. The third-order valence-corrected chi connectivity index (χ3v) is 6.99. The summed E-state index contributed by atoms with van der Waals surface area (Å²) in [5.41, 5.74) is 1.23. The summed E-state index contributed by atoms with van der Waals surface area (Å²) < 4.78 is 26.9. The first kappa shape index (κ1) is 26.9. The predicted molar refractivity (Wildman–Crippen MR) is 135 cm³/mol. The van der Waals surface area contributed by atoms with Gasteiger partial charge in [0.15, 0.2) is 0 Å². The summed E-state index contributed by atoms with van der Waals surface area (Å²) >= 11 is 3.35. The molecule has 2 rings (SSSR count). The van der Waals surface area contributed by atoms with Crippen LogP contribution in [0.15, 0.2) is 59.1 Å². The van der Waals surface area contributed by atoms with Gasteiger partial charge in [-0.05, 0) is 43.5 Å². The topological polar surface area (TPSA) is 86.8 Å². The Labute approximate surface area is 205 Å². The van der Waals surface area contributed by atoms with E-state index in [0.29, 0.717) is 16.6 Å². The Hall–Kier alpha value is -2.39. The van der Waals surface area contributed by atoms with E-state index in [4.69, 9.17) is 0 Å². The van der Waals surface area contributed by atoms with Crippen LogP contribution in [-0.4, -0.2) is 50.0 Å². The summed E-state index contributed by atoms with van der Waals surface area (Å²) in [5, 5.41) is 2.95. The third kappa shape index (κ3) is 7.85. The largest absolute Gasteiger partial charge is 0.352 e. The number of carbonyl (C=O) groups excluding carboxylic acids is 2. The smallest absolute Gasteiger partial charge is 0.244 e. The molecule has 0 radical (unpaired) electrons. The van der Waals surface area contributed by atoms with E-state index in [1.165, 1.54) is 4.90 Å². The lowest BCUT2D eigenvalue weighted by Gasteiger charge is -2.33. The zero-order valence-electron chi connectivity index (χ0n) is 19.5. The Morgan fingerprint density at radius 3 is 2.24 bits per heavy atom. The van der Waals surface area contributed by atoms with Crippen LogP contribution in [0.3, 0.4) is 0 Å². The molecule has 0 bridgehead atoms. The maximum atomic E-state index is 13.6. The molecule has 9 heteroatoms.